The summed E-state index contributed by atoms with van der Waals surface area (Å²) in [5.41, 5.74) is 2.52. The molecular formula is C17H15ClN2O. The molecule has 0 aliphatic rings. The van der Waals surface area contributed by atoms with Crippen LogP contribution in [0.3, 0.4) is 0 Å². The van der Waals surface area contributed by atoms with Crippen molar-refractivity contribution < 1.29 is 0 Å². The summed E-state index contributed by atoms with van der Waals surface area (Å²) in [6.45, 7) is 4.47. The van der Waals surface area contributed by atoms with E-state index in [0.29, 0.717) is 28.3 Å². The molecule has 0 N–H and O–H groups in total. The first-order valence-corrected chi connectivity index (χ1v) is 7.25. The van der Waals surface area contributed by atoms with E-state index in [2.05, 4.69) is 4.98 Å². The highest BCUT2D eigenvalue weighted by Crippen LogP contribution is 2.27. The molecule has 3 aromatic rings. The van der Waals surface area contributed by atoms with Crippen molar-refractivity contribution >= 4 is 22.5 Å². The number of hydrogen-bond acceptors (Lipinski definition) is 2. The molecule has 0 fully saturated rings. The Labute approximate surface area is 127 Å². The highest BCUT2D eigenvalue weighted by molar-refractivity contribution is 6.33. The third kappa shape index (κ3) is 2.34. The van der Waals surface area contributed by atoms with Gasteiger partial charge in [0.15, 0.2) is 0 Å². The van der Waals surface area contributed by atoms with Gasteiger partial charge in [-0.3, -0.25) is 9.36 Å². The van der Waals surface area contributed by atoms with E-state index in [1.54, 1.807) is 10.6 Å². The minimum atomic E-state index is -0.0326. The summed E-state index contributed by atoms with van der Waals surface area (Å²) >= 11 is 6.34. The molecular weight excluding hydrogens is 284 g/mol. The number of fused-ring (bicyclic) bond motifs is 1. The summed E-state index contributed by atoms with van der Waals surface area (Å²) in [7, 11) is 0. The summed E-state index contributed by atoms with van der Waals surface area (Å²) in [6, 6.07) is 13.2. The van der Waals surface area contributed by atoms with Gasteiger partial charge >= 0.3 is 0 Å². The zero-order valence-corrected chi connectivity index (χ0v) is 12.7. The van der Waals surface area contributed by atoms with Gasteiger partial charge in [0.05, 0.1) is 15.9 Å². The van der Waals surface area contributed by atoms with Gasteiger partial charge in [-0.1, -0.05) is 29.8 Å². The monoisotopic (exact) mass is 298 g/mol. The van der Waals surface area contributed by atoms with E-state index in [9.17, 15) is 4.79 Å². The number of nitrogens with zero attached hydrogens (tertiary/aromatic N) is 2. The molecule has 0 atom stereocenters. The molecule has 3 nitrogen and oxygen atoms in total. The van der Waals surface area contributed by atoms with E-state index in [0.717, 1.165) is 11.1 Å². The highest BCUT2D eigenvalue weighted by atomic mass is 35.5. The second-order valence-corrected chi connectivity index (χ2v) is 5.39. The molecule has 0 aliphatic heterocycles. The van der Waals surface area contributed by atoms with Gasteiger partial charge in [-0.2, -0.15) is 0 Å². The maximum atomic E-state index is 12.6. The van der Waals surface area contributed by atoms with Crippen LogP contribution in [-0.2, 0) is 6.54 Å². The predicted molar refractivity (Wildman–Crippen MR) is 86.9 cm³/mol. The molecule has 0 saturated heterocycles. The Balaban J connectivity index is 2.39. The number of rotatable bonds is 2. The van der Waals surface area contributed by atoms with Gasteiger partial charge in [-0.25, -0.2) is 4.98 Å². The molecule has 0 spiro atoms. The number of aromatic nitrogens is 2. The normalized spacial score (nSPS) is 11.0. The molecule has 4 heteroatoms. The fourth-order valence-corrected chi connectivity index (χ4v) is 2.79. The Bertz CT molecular complexity index is 884. The minimum Gasteiger partial charge on any atom is -0.292 e. The van der Waals surface area contributed by atoms with Crippen molar-refractivity contribution in [3.05, 3.63) is 63.4 Å². The van der Waals surface area contributed by atoms with Gasteiger partial charge in [0, 0.05) is 12.1 Å². The van der Waals surface area contributed by atoms with E-state index in [4.69, 9.17) is 11.6 Å². The van der Waals surface area contributed by atoms with Crippen molar-refractivity contribution in [3.63, 3.8) is 0 Å². The van der Waals surface area contributed by atoms with E-state index < -0.39 is 0 Å². The summed E-state index contributed by atoms with van der Waals surface area (Å²) in [5.74, 6) is 0.617. The van der Waals surface area contributed by atoms with Crippen LogP contribution in [-0.4, -0.2) is 9.55 Å². The summed E-state index contributed by atoms with van der Waals surface area (Å²) in [5, 5.41) is 1.24. The molecule has 0 aliphatic carbocycles. The number of benzene rings is 2. The fraction of sp³-hybridized carbons (Fsp3) is 0.176. The first-order chi connectivity index (χ1) is 10.1. The third-order valence-corrected chi connectivity index (χ3v) is 3.86. The van der Waals surface area contributed by atoms with Crippen LogP contribution in [0.2, 0.25) is 5.02 Å². The van der Waals surface area contributed by atoms with Crippen molar-refractivity contribution in [2.75, 3.05) is 0 Å². The first kappa shape index (κ1) is 13.8. The largest absolute Gasteiger partial charge is 0.292 e. The van der Waals surface area contributed by atoms with Crippen molar-refractivity contribution in [1.29, 1.82) is 0 Å². The standard InChI is InChI=1S/C17H15ClN2O/c1-3-20-16(12-9-8-11(2)10-14(12)18)19-15-7-5-4-6-13(15)17(20)21/h4-10H,3H2,1-2H3. The lowest BCUT2D eigenvalue weighted by molar-refractivity contribution is 0.728. The topological polar surface area (TPSA) is 34.9 Å². The molecule has 0 saturated carbocycles. The van der Waals surface area contributed by atoms with E-state index in [1.165, 1.54) is 0 Å². The third-order valence-electron chi connectivity index (χ3n) is 3.54. The van der Waals surface area contributed by atoms with Crippen LogP contribution in [0.15, 0.2) is 47.3 Å². The average Bonchev–Trinajstić information content (AvgIpc) is 2.47. The van der Waals surface area contributed by atoms with Crippen LogP contribution in [0.5, 0.6) is 0 Å². The molecule has 21 heavy (non-hydrogen) atoms. The Kier molecular flexibility index (Phi) is 3.52. The average molecular weight is 299 g/mol. The maximum Gasteiger partial charge on any atom is 0.261 e. The van der Waals surface area contributed by atoms with E-state index >= 15 is 0 Å². The molecule has 106 valence electrons. The molecule has 2 aromatic carbocycles. The molecule has 0 bridgehead atoms. The van der Waals surface area contributed by atoms with Crippen molar-refractivity contribution in [3.8, 4) is 11.4 Å². The molecule has 0 unspecified atom stereocenters. The Morgan fingerprint density at radius 2 is 1.95 bits per heavy atom. The van der Waals surface area contributed by atoms with Gasteiger partial charge in [0.25, 0.3) is 5.56 Å². The lowest BCUT2D eigenvalue weighted by atomic mass is 10.1. The van der Waals surface area contributed by atoms with Crippen LogP contribution in [0.4, 0.5) is 0 Å². The second kappa shape index (κ2) is 5.34. The summed E-state index contributed by atoms with van der Waals surface area (Å²) in [4.78, 5) is 17.3. The van der Waals surface area contributed by atoms with Crippen LogP contribution in [0, 0.1) is 6.92 Å². The fourth-order valence-electron chi connectivity index (χ4n) is 2.47. The van der Waals surface area contributed by atoms with Gasteiger partial charge in [0.1, 0.15) is 5.82 Å². The van der Waals surface area contributed by atoms with Gasteiger partial charge in [0.2, 0.25) is 0 Å². The second-order valence-electron chi connectivity index (χ2n) is 4.99. The van der Waals surface area contributed by atoms with E-state index in [1.807, 2.05) is 50.2 Å². The van der Waals surface area contributed by atoms with E-state index in [-0.39, 0.29) is 5.56 Å². The molecule has 1 aromatic heterocycles. The van der Waals surface area contributed by atoms with Gasteiger partial charge in [-0.15, -0.1) is 0 Å². The first-order valence-electron chi connectivity index (χ1n) is 6.88. The highest BCUT2D eigenvalue weighted by Gasteiger charge is 2.13. The van der Waals surface area contributed by atoms with Gasteiger partial charge in [-0.05, 0) is 43.7 Å². The smallest absolute Gasteiger partial charge is 0.261 e. The van der Waals surface area contributed by atoms with Crippen molar-refractivity contribution in [1.82, 2.24) is 9.55 Å². The SMILES string of the molecule is CCn1c(-c2ccc(C)cc2Cl)nc2ccccc2c1=O. The Morgan fingerprint density at radius 1 is 1.19 bits per heavy atom. The van der Waals surface area contributed by atoms with Crippen LogP contribution in [0.1, 0.15) is 12.5 Å². The molecule has 0 radical (unpaired) electrons. The Hall–Kier alpha value is -2.13. The number of hydrogen-bond donors (Lipinski definition) is 0. The van der Waals surface area contributed by atoms with Crippen LogP contribution < -0.4 is 5.56 Å². The minimum absolute atomic E-state index is 0.0326. The van der Waals surface area contributed by atoms with Crippen molar-refractivity contribution in [2.24, 2.45) is 0 Å². The molecule has 0 amide bonds. The van der Waals surface area contributed by atoms with Crippen LogP contribution in [0.25, 0.3) is 22.3 Å². The number of aryl methyl sites for hydroxylation is 1. The number of para-hydroxylation sites is 1. The zero-order chi connectivity index (χ0) is 15.0. The number of halogens is 1. The van der Waals surface area contributed by atoms with Crippen molar-refractivity contribution in [2.45, 2.75) is 20.4 Å². The Morgan fingerprint density at radius 3 is 2.67 bits per heavy atom. The predicted octanol–water partition coefficient (Wildman–Crippen LogP) is 4.05. The maximum absolute atomic E-state index is 12.6. The van der Waals surface area contributed by atoms with Gasteiger partial charge < -0.3 is 0 Å². The van der Waals surface area contributed by atoms with Crippen LogP contribution >= 0.6 is 11.6 Å². The molecule has 3 rings (SSSR count). The lowest BCUT2D eigenvalue weighted by Gasteiger charge is -2.13. The quantitative estimate of drug-likeness (QED) is 0.715. The molecule has 1 heterocycles. The lowest BCUT2D eigenvalue weighted by Crippen LogP contribution is -2.22. The summed E-state index contributed by atoms with van der Waals surface area (Å²) < 4.78 is 1.67. The zero-order valence-electron chi connectivity index (χ0n) is 11.9. The summed E-state index contributed by atoms with van der Waals surface area (Å²) in [6.07, 6.45) is 0.